The van der Waals surface area contributed by atoms with Gasteiger partial charge in [0.05, 0.1) is 24.2 Å². The zero-order chi connectivity index (χ0) is 28.6. The summed E-state index contributed by atoms with van der Waals surface area (Å²) in [5.41, 5.74) is 3.76. The summed E-state index contributed by atoms with van der Waals surface area (Å²) in [5.74, 6) is 1.13. The number of hydrogen-bond acceptors (Lipinski definition) is 5. The standard InChI is InChI=1S/C33H43FN4O3/c1-23(2)29-26-9-8-25(34)22-24(26)10-11-33(29,41-31(39)38-18-20-40-21-19-38)15-17-37(3)16-14-32(12-13-32)30-35-27-6-4-5-7-28(27)36-30/h4-9,22-23,29H,10-21H2,1-3H3,(H,35,36)/t29-,33-/m0/s1. The number of morpholine rings is 1. The van der Waals surface area contributed by atoms with Gasteiger partial charge in [0.1, 0.15) is 17.2 Å². The predicted octanol–water partition coefficient (Wildman–Crippen LogP) is 6.04. The van der Waals surface area contributed by atoms with Gasteiger partial charge in [0, 0.05) is 37.4 Å². The number of rotatable bonds is 9. The highest BCUT2D eigenvalue weighted by Crippen LogP contribution is 2.51. The van der Waals surface area contributed by atoms with Crippen molar-refractivity contribution in [1.82, 2.24) is 19.8 Å². The van der Waals surface area contributed by atoms with E-state index in [0.29, 0.717) is 39.1 Å². The number of H-pyrrole nitrogens is 1. The van der Waals surface area contributed by atoms with E-state index in [1.165, 1.54) is 0 Å². The van der Waals surface area contributed by atoms with E-state index < -0.39 is 5.60 Å². The molecule has 0 bridgehead atoms. The largest absolute Gasteiger partial charge is 0.442 e. The number of ether oxygens (including phenoxy) is 2. The van der Waals surface area contributed by atoms with E-state index in [-0.39, 0.29) is 29.2 Å². The number of halogens is 1. The zero-order valence-corrected chi connectivity index (χ0v) is 24.6. The third kappa shape index (κ3) is 5.73. The number of nitrogens with zero attached hydrogens (tertiary/aromatic N) is 3. The van der Waals surface area contributed by atoms with Gasteiger partial charge in [-0.25, -0.2) is 14.2 Å². The van der Waals surface area contributed by atoms with Crippen LogP contribution in [0.2, 0.25) is 0 Å². The molecule has 6 rings (SSSR count). The van der Waals surface area contributed by atoms with Crippen LogP contribution in [0.15, 0.2) is 42.5 Å². The first-order chi connectivity index (χ1) is 19.8. The smallest absolute Gasteiger partial charge is 0.410 e. The van der Waals surface area contributed by atoms with Crippen molar-refractivity contribution in [1.29, 1.82) is 0 Å². The highest BCUT2D eigenvalue weighted by molar-refractivity contribution is 5.75. The van der Waals surface area contributed by atoms with Gasteiger partial charge in [-0.05, 0) is 87.0 Å². The van der Waals surface area contributed by atoms with Crippen LogP contribution in [0, 0.1) is 11.7 Å². The highest BCUT2D eigenvalue weighted by atomic mass is 19.1. The summed E-state index contributed by atoms with van der Waals surface area (Å²) in [6.45, 7) is 8.30. The Balaban J connectivity index is 1.18. The number of carbonyl (C=O) groups excluding carboxylic acids is 1. The number of aryl methyl sites for hydroxylation is 1. The summed E-state index contributed by atoms with van der Waals surface area (Å²) in [6, 6.07) is 13.4. The second-order valence-electron chi connectivity index (χ2n) is 12.8. The molecule has 41 heavy (non-hydrogen) atoms. The Morgan fingerprint density at radius 1 is 1.15 bits per heavy atom. The molecule has 0 radical (unpaired) electrons. The van der Waals surface area contributed by atoms with Crippen molar-refractivity contribution >= 4 is 17.1 Å². The predicted molar refractivity (Wildman–Crippen MR) is 158 cm³/mol. The molecule has 1 aromatic heterocycles. The van der Waals surface area contributed by atoms with Crippen LogP contribution in [0.1, 0.15) is 68.8 Å². The molecule has 8 heteroatoms. The molecule has 3 aliphatic rings. The Morgan fingerprint density at radius 3 is 2.63 bits per heavy atom. The van der Waals surface area contributed by atoms with E-state index in [2.05, 4.69) is 42.9 Å². The number of aromatic nitrogens is 2. The number of hydrogen-bond donors (Lipinski definition) is 1. The number of carbonyl (C=O) groups is 1. The first-order valence-corrected chi connectivity index (χ1v) is 15.3. The van der Waals surface area contributed by atoms with Crippen LogP contribution < -0.4 is 0 Å². The van der Waals surface area contributed by atoms with Gasteiger partial charge in [-0.15, -0.1) is 0 Å². The SMILES string of the molecule is CC(C)[C@H]1c2ccc(F)cc2CC[C@@]1(CCN(C)CCC1(c2nc3ccccc3[nH]2)CC1)OC(=O)N1CCOCC1. The fourth-order valence-corrected chi connectivity index (χ4v) is 7.13. The van der Waals surface area contributed by atoms with Crippen molar-refractivity contribution in [2.24, 2.45) is 5.92 Å². The number of amides is 1. The van der Waals surface area contributed by atoms with Crippen molar-refractivity contribution in [3.05, 3.63) is 65.2 Å². The maximum absolute atomic E-state index is 14.2. The van der Waals surface area contributed by atoms with Gasteiger partial charge >= 0.3 is 6.09 Å². The summed E-state index contributed by atoms with van der Waals surface area (Å²) in [7, 11) is 2.17. The summed E-state index contributed by atoms with van der Waals surface area (Å²) >= 11 is 0. The minimum atomic E-state index is -0.654. The van der Waals surface area contributed by atoms with Gasteiger partial charge in [0.15, 0.2) is 0 Å². The van der Waals surface area contributed by atoms with Crippen molar-refractivity contribution in [3.8, 4) is 0 Å². The average Bonchev–Trinajstić information content (AvgIpc) is 3.64. The van der Waals surface area contributed by atoms with Crippen LogP contribution in [0.3, 0.4) is 0 Å². The summed E-state index contributed by atoms with van der Waals surface area (Å²) < 4.78 is 26.2. The van der Waals surface area contributed by atoms with Crippen molar-refractivity contribution in [2.75, 3.05) is 46.4 Å². The quantitative estimate of drug-likeness (QED) is 0.344. The molecule has 7 nitrogen and oxygen atoms in total. The molecular weight excluding hydrogens is 519 g/mol. The number of nitrogens with one attached hydrogen (secondary N) is 1. The molecule has 2 atom stereocenters. The van der Waals surface area contributed by atoms with Crippen molar-refractivity contribution < 1.29 is 18.7 Å². The monoisotopic (exact) mass is 562 g/mol. The van der Waals surface area contributed by atoms with Crippen molar-refractivity contribution in [3.63, 3.8) is 0 Å². The average molecular weight is 563 g/mol. The molecular formula is C33H43FN4O3. The van der Waals surface area contributed by atoms with E-state index in [1.807, 2.05) is 18.2 Å². The highest BCUT2D eigenvalue weighted by Gasteiger charge is 2.49. The number of aromatic amines is 1. The molecule has 1 N–H and O–H groups in total. The molecule has 220 valence electrons. The summed E-state index contributed by atoms with van der Waals surface area (Å²) in [5, 5.41) is 0. The second-order valence-corrected chi connectivity index (χ2v) is 12.8. The maximum atomic E-state index is 14.2. The topological polar surface area (TPSA) is 70.7 Å². The Bertz CT molecular complexity index is 1350. The lowest BCUT2D eigenvalue weighted by molar-refractivity contribution is -0.0671. The molecule has 1 saturated carbocycles. The van der Waals surface area contributed by atoms with E-state index >= 15 is 0 Å². The molecule has 3 aromatic rings. The molecule has 1 aliphatic heterocycles. The fourth-order valence-electron chi connectivity index (χ4n) is 7.13. The lowest BCUT2D eigenvalue weighted by atomic mass is 9.65. The van der Waals surface area contributed by atoms with E-state index in [4.69, 9.17) is 14.5 Å². The van der Waals surface area contributed by atoms with Crippen LogP contribution in [-0.4, -0.2) is 77.9 Å². The molecule has 1 amide bonds. The van der Waals surface area contributed by atoms with E-state index in [0.717, 1.165) is 66.8 Å². The summed E-state index contributed by atoms with van der Waals surface area (Å²) in [6.07, 6.45) is 5.23. The molecule has 2 heterocycles. The summed E-state index contributed by atoms with van der Waals surface area (Å²) in [4.78, 5) is 26.2. The van der Waals surface area contributed by atoms with Crippen LogP contribution in [0.25, 0.3) is 11.0 Å². The van der Waals surface area contributed by atoms with E-state index in [1.54, 1.807) is 17.0 Å². The first kappa shape index (κ1) is 28.2. The zero-order valence-electron chi connectivity index (χ0n) is 24.6. The Kier molecular flexibility index (Phi) is 7.81. The van der Waals surface area contributed by atoms with Crippen molar-refractivity contribution in [2.45, 2.75) is 69.3 Å². The Labute approximate surface area is 242 Å². The second kappa shape index (κ2) is 11.4. The number of para-hydroxylation sites is 2. The van der Waals surface area contributed by atoms with E-state index in [9.17, 15) is 9.18 Å². The minimum Gasteiger partial charge on any atom is -0.442 e. The van der Waals surface area contributed by atoms with Gasteiger partial charge in [0.25, 0.3) is 0 Å². The molecule has 0 spiro atoms. The maximum Gasteiger partial charge on any atom is 0.410 e. The van der Waals surface area contributed by atoms with Gasteiger partial charge < -0.3 is 24.3 Å². The first-order valence-electron chi connectivity index (χ1n) is 15.3. The van der Waals surface area contributed by atoms with Crippen LogP contribution in [0.5, 0.6) is 0 Å². The lowest BCUT2D eigenvalue weighted by Crippen LogP contribution is -2.52. The van der Waals surface area contributed by atoms with Crippen LogP contribution >= 0.6 is 0 Å². The molecule has 1 saturated heterocycles. The minimum absolute atomic E-state index is 0.00411. The third-order valence-electron chi connectivity index (χ3n) is 9.68. The van der Waals surface area contributed by atoms with Gasteiger partial charge in [-0.1, -0.05) is 32.0 Å². The third-order valence-corrected chi connectivity index (χ3v) is 9.68. The fraction of sp³-hybridized carbons (Fsp3) is 0.576. The van der Waals surface area contributed by atoms with Crippen LogP contribution in [0.4, 0.5) is 9.18 Å². The van der Waals surface area contributed by atoms with Crippen LogP contribution in [-0.2, 0) is 21.3 Å². The Hall–Kier alpha value is -2.97. The number of benzene rings is 2. The molecule has 0 unspecified atom stereocenters. The molecule has 2 aliphatic carbocycles. The lowest BCUT2D eigenvalue weighted by Gasteiger charge is -2.47. The number of fused-ring (bicyclic) bond motifs is 2. The normalized spacial score (nSPS) is 23.7. The Morgan fingerprint density at radius 2 is 1.90 bits per heavy atom. The molecule has 2 aromatic carbocycles. The van der Waals surface area contributed by atoms with Gasteiger partial charge in [0.2, 0.25) is 0 Å². The molecule has 2 fully saturated rings. The number of imidazole rings is 1. The van der Waals surface area contributed by atoms with Gasteiger partial charge in [-0.3, -0.25) is 0 Å². The van der Waals surface area contributed by atoms with Gasteiger partial charge in [-0.2, -0.15) is 0 Å².